The van der Waals surface area contributed by atoms with E-state index < -0.39 is 18.1 Å². The molecule has 0 heterocycles. The quantitative estimate of drug-likeness (QED) is 0.557. The van der Waals surface area contributed by atoms with E-state index in [9.17, 15) is 14.4 Å². The van der Waals surface area contributed by atoms with Gasteiger partial charge in [-0.3, -0.25) is 9.59 Å². The van der Waals surface area contributed by atoms with Gasteiger partial charge in [0.1, 0.15) is 12.6 Å². The van der Waals surface area contributed by atoms with E-state index in [4.69, 9.17) is 9.84 Å². The molecule has 0 saturated heterocycles. The number of rotatable bonds is 10. The van der Waals surface area contributed by atoms with Crippen molar-refractivity contribution >= 4 is 18.0 Å². The monoisotopic (exact) mass is 452 g/mol. The fourth-order valence-electron chi connectivity index (χ4n) is 4.38. The molecule has 1 aliphatic rings. The summed E-state index contributed by atoms with van der Waals surface area (Å²) >= 11 is 0. The first kappa shape index (κ1) is 24.3. The molecule has 33 heavy (non-hydrogen) atoms. The minimum atomic E-state index is -1.02. The molecule has 1 aliphatic carbocycles. The highest BCUT2D eigenvalue weighted by Gasteiger charge is 2.31. The Balaban J connectivity index is 1.68. The highest BCUT2D eigenvalue weighted by Crippen LogP contribution is 2.44. The van der Waals surface area contributed by atoms with Crippen molar-refractivity contribution in [1.29, 1.82) is 0 Å². The van der Waals surface area contributed by atoms with Gasteiger partial charge in [-0.15, -0.1) is 0 Å². The van der Waals surface area contributed by atoms with E-state index in [2.05, 4.69) is 17.4 Å². The van der Waals surface area contributed by atoms with Crippen LogP contribution in [-0.4, -0.2) is 53.7 Å². The second-order valence-corrected chi connectivity index (χ2v) is 8.54. The Labute approximate surface area is 194 Å². The summed E-state index contributed by atoms with van der Waals surface area (Å²) in [6.45, 7) is 4.09. The number of nitrogens with one attached hydrogen (secondary N) is 1. The Morgan fingerprint density at radius 1 is 1.03 bits per heavy atom. The molecule has 2 N–H and O–H groups in total. The number of carboxylic acid groups (broad SMARTS) is 1. The maximum absolute atomic E-state index is 13.0. The Hall–Kier alpha value is -3.35. The normalized spacial score (nSPS) is 14.0. The first-order chi connectivity index (χ1) is 15.8. The topological polar surface area (TPSA) is 95.9 Å². The summed E-state index contributed by atoms with van der Waals surface area (Å²) in [6, 6.07) is 15.1. The Kier molecular flexibility index (Phi) is 8.09. The van der Waals surface area contributed by atoms with Crippen LogP contribution in [0, 0.1) is 0 Å². The molecule has 2 aromatic carbocycles. The lowest BCUT2D eigenvalue weighted by molar-refractivity contribution is -0.138. The number of ether oxygens (including phenoxy) is 1. The maximum Gasteiger partial charge on any atom is 0.407 e. The first-order valence-corrected chi connectivity index (χ1v) is 11.4. The largest absolute Gasteiger partial charge is 0.481 e. The van der Waals surface area contributed by atoms with E-state index in [0.717, 1.165) is 35.1 Å². The number of hydrogen-bond acceptors (Lipinski definition) is 4. The van der Waals surface area contributed by atoms with Crippen molar-refractivity contribution in [3.8, 4) is 11.1 Å². The molecule has 0 fully saturated rings. The number of nitrogens with zero attached hydrogens (tertiary/aromatic N) is 1. The molecule has 2 unspecified atom stereocenters. The summed E-state index contributed by atoms with van der Waals surface area (Å²) in [7, 11) is 1.68. The lowest BCUT2D eigenvalue weighted by Gasteiger charge is -2.29. The summed E-state index contributed by atoms with van der Waals surface area (Å²) in [5, 5.41) is 11.7. The number of hydrogen-bond donors (Lipinski definition) is 2. The van der Waals surface area contributed by atoms with Crippen LogP contribution in [-0.2, 0) is 14.3 Å². The highest BCUT2D eigenvalue weighted by molar-refractivity contribution is 5.86. The van der Waals surface area contributed by atoms with Gasteiger partial charge >= 0.3 is 12.1 Å². The molecule has 7 heteroatoms. The number of alkyl carbamates (subject to hydrolysis) is 1. The summed E-state index contributed by atoms with van der Waals surface area (Å²) in [5.41, 5.74) is 4.45. The minimum absolute atomic E-state index is 0.00153. The minimum Gasteiger partial charge on any atom is -0.481 e. The molecule has 0 radical (unpaired) electrons. The van der Waals surface area contributed by atoms with Crippen LogP contribution in [0.3, 0.4) is 0 Å². The van der Waals surface area contributed by atoms with Gasteiger partial charge in [-0.25, -0.2) is 4.79 Å². The van der Waals surface area contributed by atoms with E-state index in [-0.39, 0.29) is 37.3 Å². The zero-order valence-corrected chi connectivity index (χ0v) is 19.4. The van der Waals surface area contributed by atoms with Gasteiger partial charge in [-0.1, -0.05) is 61.9 Å². The van der Waals surface area contributed by atoms with E-state index in [0.29, 0.717) is 0 Å². The molecule has 176 valence electrons. The van der Waals surface area contributed by atoms with Gasteiger partial charge in [0, 0.05) is 25.4 Å². The third-order valence-electron chi connectivity index (χ3n) is 6.30. The highest BCUT2D eigenvalue weighted by atomic mass is 16.5. The lowest BCUT2D eigenvalue weighted by Crippen LogP contribution is -2.50. The van der Waals surface area contributed by atoms with Crippen LogP contribution in [0.15, 0.2) is 48.5 Å². The van der Waals surface area contributed by atoms with Gasteiger partial charge in [0.25, 0.3) is 0 Å². The Morgan fingerprint density at radius 2 is 1.61 bits per heavy atom. The van der Waals surface area contributed by atoms with Crippen LogP contribution in [0.1, 0.15) is 56.6 Å². The van der Waals surface area contributed by atoms with Crippen molar-refractivity contribution in [2.75, 3.05) is 13.7 Å². The summed E-state index contributed by atoms with van der Waals surface area (Å²) in [5.74, 6) is -1.43. The van der Waals surface area contributed by atoms with Crippen LogP contribution < -0.4 is 5.32 Å². The van der Waals surface area contributed by atoms with E-state index in [1.54, 1.807) is 11.9 Å². The molecule has 3 rings (SSSR count). The molecule has 2 amide bonds. The standard InChI is InChI=1S/C26H32N2O5/c1-4-9-17(2)28(3)25(31)23(14-15-24(29)30)27-26(32)33-16-22-20-12-7-5-10-18(20)19-11-6-8-13-21(19)22/h5-8,10-13,17,22-23H,4,9,14-16H2,1-3H3,(H,27,32)(H,29,30). The third-order valence-corrected chi connectivity index (χ3v) is 6.30. The predicted molar refractivity (Wildman–Crippen MR) is 126 cm³/mol. The van der Waals surface area contributed by atoms with Crippen LogP contribution >= 0.6 is 0 Å². The molecule has 0 spiro atoms. The number of carbonyl (C=O) groups excluding carboxylic acids is 2. The summed E-state index contributed by atoms with van der Waals surface area (Å²) in [4.78, 5) is 38.3. The van der Waals surface area contributed by atoms with Crippen molar-refractivity contribution in [2.45, 2.75) is 57.5 Å². The number of fused-ring (bicyclic) bond motifs is 3. The molecule has 0 aliphatic heterocycles. The first-order valence-electron chi connectivity index (χ1n) is 11.4. The zero-order valence-electron chi connectivity index (χ0n) is 19.4. The number of carbonyl (C=O) groups is 3. The molecular formula is C26H32N2O5. The maximum atomic E-state index is 13.0. The average molecular weight is 453 g/mol. The Bertz CT molecular complexity index is 960. The van der Waals surface area contributed by atoms with Crippen molar-refractivity contribution in [3.63, 3.8) is 0 Å². The molecule has 2 atom stereocenters. The van der Waals surface area contributed by atoms with Gasteiger partial charge in [0.2, 0.25) is 5.91 Å². The molecule has 0 aromatic heterocycles. The smallest absolute Gasteiger partial charge is 0.407 e. The Morgan fingerprint density at radius 3 is 2.15 bits per heavy atom. The zero-order chi connectivity index (χ0) is 24.0. The van der Waals surface area contributed by atoms with Crippen molar-refractivity contribution in [2.24, 2.45) is 0 Å². The number of benzene rings is 2. The SMILES string of the molecule is CCCC(C)N(C)C(=O)C(CCC(=O)O)NC(=O)OCC1c2ccccc2-c2ccccc21. The van der Waals surface area contributed by atoms with Crippen LogP contribution in [0.4, 0.5) is 4.79 Å². The van der Waals surface area contributed by atoms with Gasteiger partial charge in [-0.05, 0) is 42.0 Å². The van der Waals surface area contributed by atoms with E-state index in [1.807, 2.05) is 50.2 Å². The fourth-order valence-corrected chi connectivity index (χ4v) is 4.38. The molecular weight excluding hydrogens is 420 g/mol. The number of carboxylic acids is 1. The van der Waals surface area contributed by atoms with Crippen LogP contribution in [0.5, 0.6) is 0 Å². The molecule has 7 nitrogen and oxygen atoms in total. The van der Waals surface area contributed by atoms with Gasteiger partial charge in [-0.2, -0.15) is 0 Å². The van der Waals surface area contributed by atoms with Crippen molar-refractivity contribution in [3.05, 3.63) is 59.7 Å². The second kappa shape index (κ2) is 11.0. The fraction of sp³-hybridized carbons (Fsp3) is 0.423. The molecule has 0 saturated carbocycles. The van der Waals surface area contributed by atoms with E-state index in [1.165, 1.54) is 0 Å². The number of amides is 2. The summed E-state index contributed by atoms with van der Waals surface area (Å²) in [6.07, 6.45) is 0.784. The van der Waals surface area contributed by atoms with Gasteiger partial charge in [0.15, 0.2) is 0 Å². The second-order valence-electron chi connectivity index (χ2n) is 8.54. The van der Waals surface area contributed by atoms with Gasteiger partial charge in [0.05, 0.1) is 0 Å². The van der Waals surface area contributed by atoms with Crippen LogP contribution in [0.25, 0.3) is 11.1 Å². The number of aliphatic carboxylic acids is 1. The molecule has 2 aromatic rings. The molecule has 0 bridgehead atoms. The predicted octanol–water partition coefficient (Wildman–Crippen LogP) is 4.41. The lowest BCUT2D eigenvalue weighted by atomic mass is 9.98. The van der Waals surface area contributed by atoms with Crippen molar-refractivity contribution in [1.82, 2.24) is 10.2 Å². The van der Waals surface area contributed by atoms with Gasteiger partial charge < -0.3 is 20.1 Å². The van der Waals surface area contributed by atoms with Crippen molar-refractivity contribution < 1.29 is 24.2 Å². The van der Waals surface area contributed by atoms with E-state index >= 15 is 0 Å². The third kappa shape index (κ3) is 5.72. The number of likely N-dealkylation sites (N-methyl/N-ethyl adjacent to an activating group) is 1. The van der Waals surface area contributed by atoms with Crippen LogP contribution in [0.2, 0.25) is 0 Å². The average Bonchev–Trinajstić information content (AvgIpc) is 3.13. The summed E-state index contributed by atoms with van der Waals surface area (Å²) < 4.78 is 5.55.